The molecule has 0 saturated carbocycles. The van der Waals surface area contributed by atoms with Crippen molar-refractivity contribution in [3.05, 3.63) is 52.3 Å². The van der Waals surface area contributed by atoms with Crippen LogP contribution in [0.3, 0.4) is 0 Å². The summed E-state index contributed by atoms with van der Waals surface area (Å²) in [6.45, 7) is 6.99. The highest BCUT2D eigenvalue weighted by Crippen LogP contribution is 2.33. The Balaban J connectivity index is 2.25. The van der Waals surface area contributed by atoms with E-state index < -0.39 is 0 Å². The van der Waals surface area contributed by atoms with Gasteiger partial charge < -0.3 is 10.1 Å². The van der Waals surface area contributed by atoms with Crippen LogP contribution in [-0.4, -0.2) is 10.5 Å². The number of hydrogen-bond donors (Lipinski definition) is 1. The monoisotopic (exact) mass is 324 g/mol. The van der Waals surface area contributed by atoms with Gasteiger partial charge in [0.15, 0.2) is 5.75 Å². The molecule has 112 valence electrons. The van der Waals surface area contributed by atoms with Gasteiger partial charge in [-0.1, -0.05) is 35.3 Å². The molecule has 1 N–H and O–H groups in total. The van der Waals surface area contributed by atoms with Crippen LogP contribution in [0.4, 0.5) is 0 Å². The Labute approximate surface area is 135 Å². The molecule has 1 aromatic heterocycles. The van der Waals surface area contributed by atoms with E-state index in [0.717, 1.165) is 5.56 Å². The number of para-hydroxylation sites is 1. The van der Waals surface area contributed by atoms with E-state index >= 15 is 0 Å². The summed E-state index contributed by atoms with van der Waals surface area (Å²) >= 11 is 12.2. The minimum atomic E-state index is 0.0111. The van der Waals surface area contributed by atoms with Crippen molar-refractivity contribution in [1.29, 1.82) is 0 Å². The molecule has 0 aliphatic heterocycles. The fraction of sp³-hybridized carbons (Fsp3) is 0.312. The summed E-state index contributed by atoms with van der Waals surface area (Å²) in [5.74, 6) is 1.19. The van der Waals surface area contributed by atoms with Gasteiger partial charge in [-0.15, -0.1) is 0 Å². The summed E-state index contributed by atoms with van der Waals surface area (Å²) < 4.78 is 5.87. The van der Waals surface area contributed by atoms with Gasteiger partial charge in [0, 0.05) is 29.9 Å². The first-order chi connectivity index (χ1) is 9.85. The number of nitrogens with zero attached hydrogens (tertiary/aromatic N) is 1. The lowest BCUT2D eigenvalue weighted by Crippen LogP contribution is -2.35. The molecule has 0 unspecified atom stereocenters. The molecular weight excluding hydrogens is 307 g/mol. The van der Waals surface area contributed by atoms with Gasteiger partial charge in [0.2, 0.25) is 0 Å². The number of aromatic nitrogens is 1. The fourth-order valence-electron chi connectivity index (χ4n) is 1.73. The third kappa shape index (κ3) is 4.88. The average molecular weight is 325 g/mol. The maximum atomic E-state index is 6.26. The van der Waals surface area contributed by atoms with E-state index in [0.29, 0.717) is 28.1 Å². The molecule has 0 spiro atoms. The summed E-state index contributed by atoms with van der Waals surface area (Å²) in [5, 5.41) is 4.50. The van der Waals surface area contributed by atoms with Crippen LogP contribution in [0.15, 0.2) is 36.7 Å². The molecule has 2 rings (SSSR count). The number of ether oxygens (including phenoxy) is 1. The van der Waals surface area contributed by atoms with Crippen LogP contribution < -0.4 is 10.1 Å². The van der Waals surface area contributed by atoms with E-state index in [-0.39, 0.29) is 5.54 Å². The molecule has 0 saturated heterocycles. The minimum Gasteiger partial charge on any atom is -0.454 e. The summed E-state index contributed by atoms with van der Waals surface area (Å²) in [6, 6.07) is 7.40. The van der Waals surface area contributed by atoms with Crippen LogP contribution in [0.2, 0.25) is 10.0 Å². The van der Waals surface area contributed by atoms with Crippen LogP contribution in [0.1, 0.15) is 26.3 Å². The molecule has 0 fully saturated rings. The highest BCUT2D eigenvalue weighted by Gasteiger charge is 2.14. The molecule has 2 aromatic rings. The second-order valence-corrected chi connectivity index (χ2v) is 6.62. The number of halogens is 2. The molecule has 0 aliphatic rings. The van der Waals surface area contributed by atoms with Gasteiger partial charge in [-0.05, 0) is 26.8 Å². The topological polar surface area (TPSA) is 34.1 Å². The molecule has 5 heteroatoms. The van der Waals surface area contributed by atoms with Crippen molar-refractivity contribution in [3.8, 4) is 11.5 Å². The second kappa shape index (κ2) is 6.65. The van der Waals surface area contributed by atoms with E-state index in [2.05, 4.69) is 31.1 Å². The van der Waals surface area contributed by atoms with Crippen molar-refractivity contribution in [2.24, 2.45) is 0 Å². The van der Waals surface area contributed by atoms with Crippen molar-refractivity contribution < 1.29 is 4.74 Å². The van der Waals surface area contributed by atoms with Crippen LogP contribution in [0.5, 0.6) is 11.5 Å². The van der Waals surface area contributed by atoms with Crippen molar-refractivity contribution in [2.75, 3.05) is 0 Å². The normalized spacial score (nSPS) is 11.5. The van der Waals surface area contributed by atoms with Crippen molar-refractivity contribution in [2.45, 2.75) is 32.9 Å². The largest absolute Gasteiger partial charge is 0.454 e. The van der Waals surface area contributed by atoms with Gasteiger partial charge in [0.25, 0.3) is 0 Å². The van der Waals surface area contributed by atoms with Crippen LogP contribution >= 0.6 is 23.2 Å². The first kappa shape index (κ1) is 16.1. The fourth-order valence-corrected chi connectivity index (χ4v) is 2.13. The quantitative estimate of drug-likeness (QED) is 0.852. The second-order valence-electron chi connectivity index (χ2n) is 5.77. The zero-order valence-electron chi connectivity index (χ0n) is 12.3. The molecule has 0 bridgehead atoms. The average Bonchev–Trinajstić information content (AvgIpc) is 2.39. The van der Waals surface area contributed by atoms with E-state index in [1.165, 1.54) is 0 Å². The minimum absolute atomic E-state index is 0.0111. The van der Waals surface area contributed by atoms with Crippen molar-refractivity contribution >= 4 is 23.2 Å². The van der Waals surface area contributed by atoms with Crippen molar-refractivity contribution in [3.63, 3.8) is 0 Å². The Hall–Kier alpha value is -1.29. The van der Waals surface area contributed by atoms with E-state index in [9.17, 15) is 0 Å². The molecular formula is C16H18Cl2N2O. The summed E-state index contributed by atoms with van der Waals surface area (Å²) in [6.07, 6.45) is 3.17. The van der Waals surface area contributed by atoms with E-state index in [4.69, 9.17) is 27.9 Å². The van der Waals surface area contributed by atoms with Gasteiger partial charge in [-0.25, -0.2) is 0 Å². The first-order valence-corrected chi connectivity index (χ1v) is 7.41. The Kier molecular flexibility index (Phi) is 5.09. The maximum Gasteiger partial charge on any atom is 0.150 e. The Morgan fingerprint density at radius 3 is 2.62 bits per heavy atom. The Morgan fingerprint density at radius 1 is 1.19 bits per heavy atom. The van der Waals surface area contributed by atoms with Gasteiger partial charge in [0.05, 0.1) is 16.2 Å². The number of rotatable bonds is 4. The Morgan fingerprint density at radius 2 is 1.95 bits per heavy atom. The highest BCUT2D eigenvalue weighted by atomic mass is 35.5. The van der Waals surface area contributed by atoms with Gasteiger partial charge in [-0.2, -0.15) is 0 Å². The molecule has 3 nitrogen and oxygen atoms in total. The highest BCUT2D eigenvalue weighted by molar-refractivity contribution is 6.32. The van der Waals surface area contributed by atoms with Gasteiger partial charge in [0.1, 0.15) is 5.75 Å². The standard InChI is InChI=1S/C16H18Cl2N2O/c1-16(2,3)20-8-11-5-4-6-14(18)15(11)21-13-7-12(17)9-19-10-13/h4-7,9-10,20H,8H2,1-3H3. The molecule has 1 heterocycles. The number of pyridine rings is 1. The molecule has 0 aliphatic carbocycles. The maximum absolute atomic E-state index is 6.26. The molecule has 21 heavy (non-hydrogen) atoms. The zero-order chi connectivity index (χ0) is 15.5. The van der Waals surface area contributed by atoms with Crippen LogP contribution in [0, 0.1) is 0 Å². The van der Waals surface area contributed by atoms with E-state index in [1.807, 2.05) is 12.1 Å². The predicted molar refractivity (Wildman–Crippen MR) is 87.4 cm³/mol. The van der Waals surface area contributed by atoms with Gasteiger partial charge >= 0.3 is 0 Å². The molecule has 0 amide bonds. The van der Waals surface area contributed by atoms with E-state index in [1.54, 1.807) is 24.5 Å². The third-order valence-corrected chi connectivity index (χ3v) is 3.26. The lowest BCUT2D eigenvalue weighted by Gasteiger charge is -2.22. The van der Waals surface area contributed by atoms with Crippen molar-refractivity contribution in [1.82, 2.24) is 10.3 Å². The lowest BCUT2D eigenvalue weighted by atomic mass is 10.1. The lowest BCUT2D eigenvalue weighted by molar-refractivity contribution is 0.414. The zero-order valence-corrected chi connectivity index (χ0v) is 13.8. The first-order valence-electron chi connectivity index (χ1n) is 6.66. The predicted octanol–water partition coefficient (Wildman–Crippen LogP) is 5.07. The number of nitrogens with one attached hydrogen (secondary N) is 1. The van der Waals surface area contributed by atoms with Crippen LogP contribution in [0.25, 0.3) is 0 Å². The van der Waals surface area contributed by atoms with Crippen LogP contribution in [-0.2, 0) is 6.54 Å². The Bertz CT molecular complexity index is 624. The molecule has 1 aromatic carbocycles. The molecule has 0 atom stereocenters. The molecule has 0 radical (unpaired) electrons. The summed E-state index contributed by atoms with van der Waals surface area (Å²) in [4.78, 5) is 4.01. The van der Waals surface area contributed by atoms with Gasteiger partial charge in [-0.3, -0.25) is 4.98 Å². The third-order valence-electron chi connectivity index (χ3n) is 2.76. The smallest absolute Gasteiger partial charge is 0.150 e. The number of hydrogen-bond acceptors (Lipinski definition) is 3. The number of benzene rings is 1. The SMILES string of the molecule is CC(C)(C)NCc1cccc(Cl)c1Oc1cncc(Cl)c1. The summed E-state index contributed by atoms with van der Waals surface area (Å²) in [5.41, 5.74) is 0.995. The summed E-state index contributed by atoms with van der Waals surface area (Å²) in [7, 11) is 0.